The number of carbonyl (C=O) groups is 3. The SMILES string of the molecule is CC1(C)CCN(C(=O)C2CCC(NC(=O)OCC3c4ccccc4-c4ccccc43)C2)C1C(=O)O. The normalized spacial score (nSPS) is 24.6. The van der Waals surface area contributed by atoms with Gasteiger partial charge >= 0.3 is 12.1 Å². The van der Waals surface area contributed by atoms with Gasteiger partial charge in [0, 0.05) is 24.4 Å². The lowest BCUT2D eigenvalue weighted by Gasteiger charge is -2.30. The minimum atomic E-state index is -0.952. The summed E-state index contributed by atoms with van der Waals surface area (Å²) in [6.45, 7) is 4.51. The van der Waals surface area contributed by atoms with Crippen LogP contribution in [0.5, 0.6) is 0 Å². The standard InChI is InChI=1S/C28H32N2O5/c1-28(2)13-14-30(24(28)26(32)33)25(31)17-11-12-18(15-17)29-27(34)35-16-23-21-9-5-3-7-19(21)20-8-4-6-10-22(20)23/h3-10,17-18,23-24H,11-16H2,1-2H3,(H,29,34)(H,32,33). The lowest BCUT2D eigenvalue weighted by molar-refractivity contribution is -0.152. The zero-order valence-corrected chi connectivity index (χ0v) is 20.2. The van der Waals surface area contributed by atoms with Crippen LogP contribution in [0.2, 0.25) is 0 Å². The third kappa shape index (κ3) is 4.28. The molecule has 0 radical (unpaired) electrons. The number of nitrogens with one attached hydrogen (secondary N) is 1. The van der Waals surface area contributed by atoms with Crippen molar-refractivity contribution < 1.29 is 24.2 Å². The Morgan fingerprint density at radius 2 is 1.66 bits per heavy atom. The van der Waals surface area contributed by atoms with Crippen LogP contribution in [0.15, 0.2) is 48.5 Å². The van der Waals surface area contributed by atoms with E-state index in [2.05, 4.69) is 29.6 Å². The Bertz CT molecular complexity index is 1110. The first kappa shape index (κ1) is 23.4. The number of carboxylic acid groups (broad SMARTS) is 1. The highest BCUT2D eigenvalue weighted by Crippen LogP contribution is 2.44. The van der Waals surface area contributed by atoms with Gasteiger partial charge in [-0.05, 0) is 53.4 Å². The van der Waals surface area contributed by atoms with Crippen LogP contribution in [0.25, 0.3) is 11.1 Å². The highest BCUT2D eigenvalue weighted by molar-refractivity contribution is 5.86. The highest BCUT2D eigenvalue weighted by atomic mass is 16.5. The van der Waals surface area contributed by atoms with Crippen LogP contribution < -0.4 is 5.32 Å². The number of carbonyl (C=O) groups excluding carboxylic acids is 2. The molecule has 2 amide bonds. The van der Waals surface area contributed by atoms with E-state index in [0.29, 0.717) is 32.2 Å². The topological polar surface area (TPSA) is 95.9 Å². The summed E-state index contributed by atoms with van der Waals surface area (Å²) in [6, 6.07) is 15.4. The number of benzene rings is 2. The number of amides is 2. The second-order valence-corrected chi connectivity index (χ2v) is 10.7. The summed E-state index contributed by atoms with van der Waals surface area (Å²) in [5.74, 6) is -1.34. The van der Waals surface area contributed by atoms with E-state index < -0.39 is 23.5 Å². The maximum Gasteiger partial charge on any atom is 0.407 e. The van der Waals surface area contributed by atoms with Crippen LogP contribution >= 0.6 is 0 Å². The molecule has 2 aromatic rings. The average Bonchev–Trinajstić information content (AvgIpc) is 3.51. The van der Waals surface area contributed by atoms with Crippen molar-refractivity contribution in [2.24, 2.45) is 11.3 Å². The first-order valence-corrected chi connectivity index (χ1v) is 12.4. The largest absolute Gasteiger partial charge is 0.480 e. The van der Waals surface area contributed by atoms with Crippen molar-refractivity contribution in [2.75, 3.05) is 13.2 Å². The molecule has 7 heteroatoms. The van der Waals surface area contributed by atoms with Crippen molar-refractivity contribution in [2.45, 2.75) is 57.5 Å². The number of hydrogen-bond acceptors (Lipinski definition) is 4. The smallest absolute Gasteiger partial charge is 0.407 e. The molecule has 0 bridgehead atoms. The number of fused-ring (bicyclic) bond motifs is 3. The van der Waals surface area contributed by atoms with Crippen molar-refractivity contribution in [3.05, 3.63) is 59.7 Å². The van der Waals surface area contributed by atoms with E-state index in [-0.39, 0.29) is 30.4 Å². The van der Waals surface area contributed by atoms with Gasteiger partial charge in [0.15, 0.2) is 0 Å². The van der Waals surface area contributed by atoms with E-state index in [4.69, 9.17) is 4.74 Å². The fraction of sp³-hybridized carbons (Fsp3) is 0.464. The van der Waals surface area contributed by atoms with Crippen molar-refractivity contribution in [1.82, 2.24) is 10.2 Å². The van der Waals surface area contributed by atoms with Gasteiger partial charge in [0.05, 0.1) is 0 Å². The van der Waals surface area contributed by atoms with E-state index in [1.807, 2.05) is 38.1 Å². The van der Waals surface area contributed by atoms with Gasteiger partial charge in [0.2, 0.25) is 5.91 Å². The van der Waals surface area contributed by atoms with E-state index >= 15 is 0 Å². The summed E-state index contributed by atoms with van der Waals surface area (Å²) in [6.07, 6.45) is 2.01. The average molecular weight is 477 g/mol. The van der Waals surface area contributed by atoms with Crippen LogP contribution in [0.1, 0.15) is 56.6 Å². The van der Waals surface area contributed by atoms with Gasteiger partial charge in [0.1, 0.15) is 12.6 Å². The van der Waals surface area contributed by atoms with Crippen LogP contribution in [0.4, 0.5) is 4.79 Å². The molecule has 5 rings (SSSR count). The molecule has 1 saturated heterocycles. The lowest BCUT2D eigenvalue weighted by Crippen LogP contribution is -2.48. The summed E-state index contributed by atoms with van der Waals surface area (Å²) in [4.78, 5) is 39.1. The Kier molecular flexibility index (Phi) is 6.03. The maximum atomic E-state index is 13.1. The number of hydrogen-bond donors (Lipinski definition) is 2. The summed E-state index contributed by atoms with van der Waals surface area (Å²) in [5, 5.41) is 12.6. The third-order valence-electron chi connectivity index (χ3n) is 8.01. The maximum absolute atomic E-state index is 13.1. The van der Waals surface area contributed by atoms with E-state index in [1.54, 1.807) is 0 Å². The molecular weight excluding hydrogens is 444 g/mol. The van der Waals surface area contributed by atoms with Gasteiger partial charge in [-0.15, -0.1) is 0 Å². The Hall–Kier alpha value is -3.35. The van der Waals surface area contributed by atoms with Crippen LogP contribution in [0.3, 0.4) is 0 Å². The van der Waals surface area contributed by atoms with Crippen LogP contribution in [0, 0.1) is 11.3 Å². The van der Waals surface area contributed by atoms with Gasteiger partial charge in [-0.25, -0.2) is 9.59 Å². The second-order valence-electron chi connectivity index (χ2n) is 10.7. The minimum Gasteiger partial charge on any atom is -0.480 e. The first-order valence-electron chi connectivity index (χ1n) is 12.4. The monoisotopic (exact) mass is 476 g/mol. The number of aliphatic carboxylic acids is 1. The molecule has 0 spiro atoms. The molecule has 1 aliphatic heterocycles. The molecule has 2 aromatic carbocycles. The van der Waals surface area contributed by atoms with Gasteiger partial charge in [0.25, 0.3) is 0 Å². The molecule has 184 valence electrons. The number of likely N-dealkylation sites (tertiary alicyclic amines) is 1. The van der Waals surface area contributed by atoms with Crippen molar-refractivity contribution in [3.63, 3.8) is 0 Å². The second kappa shape index (κ2) is 9.02. The summed E-state index contributed by atoms with van der Waals surface area (Å²) in [7, 11) is 0. The molecule has 3 aliphatic rings. The van der Waals surface area contributed by atoms with E-state index in [1.165, 1.54) is 16.0 Å². The molecule has 0 aromatic heterocycles. The highest BCUT2D eigenvalue weighted by Gasteiger charge is 2.49. The van der Waals surface area contributed by atoms with Crippen molar-refractivity contribution in [1.29, 1.82) is 0 Å². The molecule has 2 N–H and O–H groups in total. The Balaban J connectivity index is 1.17. The third-order valence-corrected chi connectivity index (χ3v) is 8.01. The molecule has 2 aliphatic carbocycles. The summed E-state index contributed by atoms with van der Waals surface area (Å²) in [5.41, 5.74) is 4.24. The Morgan fingerprint density at radius 1 is 1.03 bits per heavy atom. The van der Waals surface area contributed by atoms with Crippen LogP contribution in [-0.2, 0) is 14.3 Å². The molecule has 1 saturated carbocycles. The molecule has 2 fully saturated rings. The van der Waals surface area contributed by atoms with E-state index in [9.17, 15) is 19.5 Å². The number of ether oxygens (including phenoxy) is 1. The number of alkyl carbamates (subject to hydrolysis) is 1. The van der Waals surface area contributed by atoms with E-state index in [0.717, 1.165) is 11.1 Å². The zero-order valence-electron chi connectivity index (χ0n) is 20.2. The molecule has 7 nitrogen and oxygen atoms in total. The number of nitrogens with zero attached hydrogens (tertiary/aromatic N) is 1. The van der Waals surface area contributed by atoms with Gasteiger partial charge in [-0.2, -0.15) is 0 Å². The van der Waals surface area contributed by atoms with Crippen LogP contribution in [-0.4, -0.2) is 53.2 Å². The predicted octanol–water partition coefficient (Wildman–Crippen LogP) is 4.41. The van der Waals surface area contributed by atoms with Gasteiger partial charge in [-0.1, -0.05) is 62.4 Å². The van der Waals surface area contributed by atoms with Gasteiger partial charge < -0.3 is 20.1 Å². The fourth-order valence-electron chi connectivity index (χ4n) is 6.18. The first-order chi connectivity index (χ1) is 16.8. The summed E-state index contributed by atoms with van der Waals surface area (Å²) >= 11 is 0. The van der Waals surface area contributed by atoms with Gasteiger partial charge in [-0.3, -0.25) is 4.79 Å². The number of carboxylic acids is 1. The minimum absolute atomic E-state index is 0.00229. The zero-order chi connectivity index (χ0) is 24.7. The number of rotatable bonds is 5. The predicted molar refractivity (Wildman–Crippen MR) is 131 cm³/mol. The molecule has 3 unspecified atom stereocenters. The van der Waals surface area contributed by atoms with Crippen molar-refractivity contribution >= 4 is 18.0 Å². The molecule has 1 heterocycles. The summed E-state index contributed by atoms with van der Waals surface area (Å²) < 4.78 is 5.65. The molecule has 3 atom stereocenters. The Morgan fingerprint density at radius 3 is 2.29 bits per heavy atom. The molecular formula is C28H32N2O5. The lowest BCUT2D eigenvalue weighted by atomic mass is 9.84. The van der Waals surface area contributed by atoms with Crippen molar-refractivity contribution in [3.8, 4) is 11.1 Å². The Labute approximate surface area is 205 Å². The fourth-order valence-corrected chi connectivity index (χ4v) is 6.18. The quantitative estimate of drug-likeness (QED) is 0.667. The molecule has 35 heavy (non-hydrogen) atoms.